The summed E-state index contributed by atoms with van der Waals surface area (Å²) in [6.45, 7) is 0. The van der Waals surface area contributed by atoms with E-state index in [1.54, 1.807) is 97.1 Å². The normalized spacial score (nSPS) is 14.9. The van der Waals surface area contributed by atoms with Crippen LogP contribution >= 0.6 is 0 Å². The van der Waals surface area contributed by atoms with Crippen molar-refractivity contribution < 1.29 is 28.8 Å². The van der Waals surface area contributed by atoms with Gasteiger partial charge in [-0.25, -0.2) is 20.0 Å². The third kappa shape index (κ3) is 6.59. The molecule has 0 bridgehead atoms. The van der Waals surface area contributed by atoms with Gasteiger partial charge in [-0.05, 0) is 60.7 Å². The van der Waals surface area contributed by atoms with Crippen LogP contribution in [-0.4, -0.2) is 61.1 Å². The lowest BCUT2D eigenvalue weighted by molar-refractivity contribution is -0.387. The maximum Gasteiger partial charge on any atom is 0.277 e. The summed E-state index contributed by atoms with van der Waals surface area (Å²) < 4.78 is 22.5. The van der Waals surface area contributed by atoms with E-state index in [-0.39, 0.29) is 22.5 Å². The largest absolute Gasteiger partial charge is 0.497 e. The van der Waals surface area contributed by atoms with Gasteiger partial charge in [0, 0.05) is 34.4 Å². The minimum absolute atomic E-state index is 0.0178. The van der Waals surface area contributed by atoms with Crippen LogP contribution < -0.4 is 18.9 Å². The van der Waals surface area contributed by atoms with Gasteiger partial charge < -0.3 is 18.9 Å². The number of nitrogens with zero attached hydrogens (tertiary/aromatic N) is 6. The lowest BCUT2D eigenvalue weighted by Gasteiger charge is -2.37. The maximum absolute atomic E-state index is 13.2. The lowest BCUT2D eigenvalue weighted by Crippen LogP contribution is -2.44. The Morgan fingerprint density at radius 1 is 0.400 bits per heavy atom. The van der Waals surface area contributed by atoms with Crippen LogP contribution in [0, 0.1) is 20.2 Å². The second-order valence-electron chi connectivity index (χ2n) is 13.7. The second kappa shape index (κ2) is 15.7. The van der Waals surface area contributed by atoms with Gasteiger partial charge in [0.25, 0.3) is 11.4 Å². The summed E-state index contributed by atoms with van der Waals surface area (Å²) in [6, 6.07) is 40.7. The zero-order valence-electron chi connectivity index (χ0n) is 32.8. The van der Waals surface area contributed by atoms with Gasteiger partial charge in [-0.1, -0.05) is 72.8 Å². The van der Waals surface area contributed by atoms with E-state index in [9.17, 15) is 20.2 Å². The van der Waals surface area contributed by atoms with Crippen molar-refractivity contribution in [1.29, 1.82) is 0 Å². The van der Waals surface area contributed by atoms with Crippen molar-refractivity contribution in [3.05, 3.63) is 199 Å². The number of rotatable bonds is 13. The Morgan fingerprint density at radius 2 is 0.667 bits per heavy atom. The van der Waals surface area contributed by atoms with Gasteiger partial charge in [0.1, 0.15) is 23.0 Å². The first kappa shape index (κ1) is 38.9. The van der Waals surface area contributed by atoms with Crippen molar-refractivity contribution in [3.63, 3.8) is 0 Å². The Labute approximate surface area is 344 Å². The van der Waals surface area contributed by atoms with Gasteiger partial charge in [-0.15, -0.1) is 0 Å². The summed E-state index contributed by atoms with van der Waals surface area (Å²) in [5, 5.41) is 26.4. The smallest absolute Gasteiger partial charge is 0.277 e. The summed E-state index contributed by atoms with van der Waals surface area (Å²) in [4.78, 5) is 47.2. The van der Waals surface area contributed by atoms with E-state index in [1.165, 1.54) is 52.7 Å². The molecule has 2 aliphatic rings. The molecular weight excluding hydrogens is 765 g/mol. The third-order valence-corrected chi connectivity index (χ3v) is 10.4. The fraction of sp³-hybridized carbons (Fsp3) is 0.130. The fourth-order valence-corrected chi connectivity index (χ4v) is 7.58. The average Bonchev–Trinajstić information content (AvgIpc) is 3.92. The molecule has 0 N–H and O–H groups in total. The molecule has 298 valence electrons. The molecule has 2 aliphatic heterocycles. The number of nitro groups is 2. The molecule has 60 heavy (non-hydrogen) atoms. The fourth-order valence-electron chi connectivity index (χ4n) is 7.58. The number of benzene rings is 6. The Morgan fingerprint density at radius 3 is 0.917 bits per heavy atom. The van der Waals surface area contributed by atoms with Crippen molar-refractivity contribution in [2.75, 3.05) is 28.4 Å². The van der Waals surface area contributed by atoms with Gasteiger partial charge in [-0.2, -0.15) is 0 Å². The molecule has 0 radical (unpaired) electrons. The Bertz CT molecular complexity index is 2500. The highest BCUT2D eigenvalue weighted by molar-refractivity contribution is 6.56. The predicted octanol–water partition coefficient (Wildman–Crippen LogP) is 8.53. The highest BCUT2D eigenvalue weighted by Gasteiger charge is 2.64. The first-order valence-electron chi connectivity index (χ1n) is 18.6. The number of hydrogen-bond acceptors (Lipinski definition) is 12. The molecule has 2 heterocycles. The van der Waals surface area contributed by atoms with E-state index in [2.05, 4.69) is 0 Å². The summed E-state index contributed by atoms with van der Waals surface area (Å²) in [5.74, 6) is 2.03. The number of hydrogen-bond donors (Lipinski definition) is 0. The Kier molecular flexibility index (Phi) is 10.2. The Balaban J connectivity index is 1.61. The summed E-state index contributed by atoms with van der Waals surface area (Å²) in [5.41, 5.74) is -1.87. The van der Waals surface area contributed by atoms with Gasteiger partial charge in [0.2, 0.25) is 11.3 Å². The van der Waals surface area contributed by atoms with Gasteiger partial charge in [0.05, 0.1) is 72.3 Å². The second-order valence-corrected chi connectivity index (χ2v) is 13.7. The van der Waals surface area contributed by atoms with Crippen LogP contribution in [0.5, 0.6) is 23.0 Å². The van der Waals surface area contributed by atoms with E-state index < -0.39 is 21.2 Å². The molecule has 0 spiro atoms. The van der Waals surface area contributed by atoms with Crippen molar-refractivity contribution >= 4 is 34.2 Å². The molecule has 8 rings (SSSR count). The minimum atomic E-state index is -2.23. The molecule has 6 aromatic carbocycles. The molecule has 0 unspecified atom stereocenters. The molecule has 14 heteroatoms. The van der Waals surface area contributed by atoms with Crippen LogP contribution in [0.4, 0.5) is 11.4 Å². The summed E-state index contributed by atoms with van der Waals surface area (Å²) in [7, 11) is 6.15. The number of methoxy groups -OCH3 is 4. The van der Waals surface area contributed by atoms with E-state index in [4.69, 9.17) is 38.9 Å². The van der Waals surface area contributed by atoms with Crippen molar-refractivity contribution in [2.45, 2.75) is 11.3 Å². The zero-order chi connectivity index (χ0) is 42.0. The quantitative estimate of drug-likeness (QED) is 0.0826. The standard InChI is InChI=1S/C46H36N6O8/c1-57-33-17-9-13-29(25-33)41-42(30-14-10-18-34(26-30)58-2)48-45(47-41,37-21-5-7-23-39(37)51(53)54)46(38-22-6-8-24-40(38)52(55)56)49-43(31-15-11-19-35(27-31)59-3)44(50-46)32-16-12-20-36(28-32)60-4/h5-28H,1-4H3. The molecule has 0 aromatic heterocycles. The van der Waals surface area contributed by atoms with Crippen LogP contribution in [0.1, 0.15) is 33.4 Å². The van der Waals surface area contributed by atoms with E-state index in [0.717, 1.165) is 0 Å². The zero-order valence-corrected chi connectivity index (χ0v) is 32.8. The van der Waals surface area contributed by atoms with E-state index >= 15 is 0 Å². The van der Waals surface area contributed by atoms with Crippen LogP contribution in [0.15, 0.2) is 166 Å². The van der Waals surface area contributed by atoms with Crippen LogP contribution in [0.2, 0.25) is 0 Å². The molecular formula is C46H36N6O8. The topological polar surface area (TPSA) is 173 Å². The third-order valence-electron chi connectivity index (χ3n) is 10.4. The first-order chi connectivity index (χ1) is 29.1. The van der Waals surface area contributed by atoms with Crippen molar-refractivity contribution in [2.24, 2.45) is 20.0 Å². The molecule has 6 aromatic rings. The van der Waals surface area contributed by atoms with Crippen LogP contribution in [0.25, 0.3) is 0 Å². The van der Waals surface area contributed by atoms with Gasteiger partial charge >= 0.3 is 0 Å². The summed E-state index contributed by atoms with van der Waals surface area (Å²) in [6.07, 6.45) is 0. The van der Waals surface area contributed by atoms with Crippen molar-refractivity contribution in [1.82, 2.24) is 0 Å². The molecule has 0 saturated heterocycles. The monoisotopic (exact) mass is 800 g/mol. The molecule has 0 amide bonds. The number of ether oxygens (including phenoxy) is 4. The highest BCUT2D eigenvalue weighted by atomic mass is 16.6. The number of para-hydroxylation sites is 2. The first-order valence-corrected chi connectivity index (χ1v) is 18.6. The van der Waals surface area contributed by atoms with Gasteiger partial charge in [-0.3, -0.25) is 20.2 Å². The number of nitro benzene ring substituents is 2. The lowest BCUT2D eigenvalue weighted by atomic mass is 9.80. The number of aliphatic imine (C=N–C) groups is 4. The van der Waals surface area contributed by atoms with E-state index in [1.807, 2.05) is 24.3 Å². The molecule has 0 aliphatic carbocycles. The minimum Gasteiger partial charge on any atom is -0.497 e. The Hall–Kier alpha value is -8.00. The van der Waals surface area contributed by atoms with Crippen molar-refractivity contribution in [3.8, 4) is 23.0 Å². The predicted molar refractivity (Wildman–Crippen MR) is 228 cm³/mol. The molecule has 0 saturated carbocycles. The molecule has 14 nitrogen and oxygen atoms in total. The highest BCUT2D eigenvalue weighted by Crippen LogP contribution is 2.58. The van der Waals surface area contributed by atoms with Gasteiger partial charge in [0.15, 0.2) is 0 Å². The van der Waals surface area contributed by atoms with Crippen LogP contribution in [0.3, 0.4) is 0 Å². The van der Waals surface area contributed by atoms with E-state index in [0.29, 0.717) is 68.1 Å². The maximum atomic E-state index is 13.2. The summed E-state index contributed by atoms with van der Waals surface area (Å²) >= 11 is 0. The average molecular weight is 801 g/mol. The molecule has 0 fully saturated rings. The molecule has 0 atom stereocenters. The SMILES string of the molecule is COc1cccc(C2=NC(c3ccccc3[N+](=O)[O-])(C3(c4ccccc4[N+](=O)[O-])N=C(c4cccc(OC)c4)C(c4cccc(OC)c4)=N3)N=C2c2cccc(OC)c2)c1. The van der Waals surface area contributed by atoms with Crippen LogP contribution in [-0.2, 0) is 11.3 Å².